The second-order valence-electron chi connectivity index (χ2n) is 5.03. The van der Waals surface area contributed by atoms with E-state index in [4.69, 9.17) is 21.6 Å². The summed E-state index contributed by atoms with van der Waals surface area (Å²) in [6.07, 6.45) is 2.22. The third kappa shape index (κ3) is 4.44. The molecule has 0 fully saturated rings. The number of carbonyl (C=O) groups excluding carboxylic acids is 1. The highest BCUT2D eigenvalue weighted by Crippen LogP contribution is 2.20. The zero-order valence-corrected chi connectivity index (χ0v) is 13.1. The van der Waals surface area contributed by atoms with Gasteiger partial charge in [0.05, 0.1) is 12.1 Å². The Hall–Kier alpha value is -3.12. The minimum atomic E-state index is -0.410. The molecule has 0 aliphatic heterocycles. The number of ether oxygens (including phenoxy) is 1. The standard InChI is InChI=1S/C18H20N4O2/c19-10-16(11-20)24-15-8-6-14(7-9-15)22-18(23)17(12-21)13-4-2-1-3-5-13/h1-11,17,19H,12,20-21H2,(H,22,23)/b16-11+,19-10?. The molecule has 0 radical (unpaired) electrons. The molecule has 0 aliphatic rings. The maximum atomic E-state index is 12.4. The summed E-state index contributed by atoms with van der Waals surface area (Å²) in [4.78, 5) is 12.4. The SMILES string of the molecule is N=C/C(=C\N)Oc1ccc(NC(=O)C(CN)c2ccccc2)cc1. The molecule has 2 rings (SSSR count). The van der Waals surface area contributed by atoms with Crippen molar-refractivity contribution in [2.75, 3.05) is 11.9 Å². The second-order valence-corrected chi connectivity index (χ2v) is 5.03. The highest BCUT2D eigenvalue weighted by molar-refractivity contribution is 5.96. The van der Waals surface area contributed by atoms with Gasteiger partial charge >= 0.3 is 0 Å². The van der Waals surface area contributed by atoms with E-state index in [0.717, 1.165) is 11.8 Å². The third-order valence-electron chi connectivity index (χ3n) is 3.42. The Kier molecular flexibility index (Phi) is 6.10. The summed E-state index contributed by atoms with van der Waals surface area (Å²) in [6, 6.07) is 16.2. The minimum Gasteiger partial charge on any atom is -0.454 e. The highest BCUT2D eigenvalue weighted by atomic mass is 16.5. The van der Waals surface area contributed by atoms with Crippen molar-refractivity contribution in [3.63, 3.8) is 0 Å². The maximum Gasteiger partial charge on any atom is 0.233 e. The van der Waals surface area contributed by atoms with E-state index in [1.807, 2.05) is 30.3 Å². The van der Waals surface area contributed by atoms with E-state index in [0.29, 0.717) is 11.4 Å². The summed E-state index contributed by atoms with van der Waals surface area (Å²) in [5.41, 5.74) is 12.6. The van der Waals surface area contributed by atoms with E-state index in [9.17, 15) is 4.79 Å². The first kappa shape index (κ1) is 17.2. The van der Waals surface area contributed by atoms with Crippen molar-refractivity contribution in [1.29, 1.82) is 5.41 Å². The largest absolute Gasteiger partial charge is 0.454 e. The van der Waals surface area contributed by atoms with Crippen LogP contribution in [0.5, 0.6) is 5.75 Å². The molecule has 24 heavy (non-hydrogen) atoms. The molecule has 6 heteroatoms. The molecule has 6 N–H and O–H groups in total. The summed E-state index contributed by atoms with van der Waals surface area (Å²) in [6.45, 7) is 0.223. The number of nitrogens with one attached hydrogen (secondary N) is 2. The van der Waals surface area contributed by atoms with Crippen LogP contribution < -0.4 is 21.5 Å². The highest BCUT2D eigenvalue weighted by Gasteiger charge is 2.18. The quantitative estimate of drug-likeness (QED) is 0.461. The Labute approximate surface area is 140 Å². The zero-order valence-electron chi connectivity index (χ0n) is 13.1. The molecule has 0 aromatic heterocycles. The van der Waals surface area contributed by atoms with Crippen molar-refractivity contribution >= 4 is 17.8 Å². The van der Waals surface area contributed by atoms with Crippen LogP contribution in [-0.4, -0.2) is 18.7 Å². The minimum absolute atomic E-state index is 0.167. The molecule has 2 aromatic rings. The second kappa shape index (κ2) is 8.50. The fourth-order valence-electron chi connectivity index (χ4n) is 2.16. The molecular weight excluding hydrogens is 304 g/mol. The molecular formula is C18H20N4O2. The summed E-state index contributed by atoms with van der Waals surface area (Å²) >= 11 is 0. The van der Waals surface area contributed by atoms with E-state index in [2.05, 4.69) is 5.32 Å². The van der Waals surface area contributed by atoms with Crippen LogP contribution in [-0.2, 0) is 4.79 Å². The van der Waals surface area contributed by atoms with Gasteiger partial charge in [-0.25, -0.2) is 0 Å². The number of rotatable bonds is 7. The number of carbonyl (C=O) groups is 1. The predicted molar refractivity (Wildman–Crippen MR) is 95.0 cm³/mol. The first-order chi connectivity index (χ1) is 11.7. The lowest BCUT2D eigenvalue weighted by Crippen LogP contribution is -2.27. The van der Waals surface area contributed by atoms with Crippen molar-refractivity contribution in [2.45, 2.75) is 5.92 Å². The number of hydrogen-bond acceptors (Lipinski definition) is 5. The molecule has 0 aliphatic carbocycles. The lowest BCUT2D eigenvalue weighted by atomic mass is 9.98. The van der Waals surface area contributed by atoms with Crippen LogP contribution in [0.1, 0.15) is 11.5 Å². The number of amides is 1. The summed E-state index contributed by atoms with van der Waals surface area (Å²) in [7, 11) is 0. The molecule has 124 valence electrons. The fourth-order valence-corrected chi connectivity index (χ4v) is 2.16. The van der Waals surface area contributed by atoms with Crippen LogP contribution in [0.25, 0.3) is 0 Å². The Morgan fingerprint density at radius 2 is 1.83 bits per heavy atom. The van der Waals surface area contributed by atoms with Gasteiger partial charge in [-0.3, -0.25) is 4.79 Å². The number of benzene rings is 2. The smallest absolute Gasteiger partial charge is 0.233 e. The molecule has 0 spiro atoms. The van der Waals surface area contributed by atoms with Crippen LogP contribution in [0.15, 0.2) is 66.6 Å². The van der Waals surface area contributed by atoms with Crippen LogP contribution in [0.2, 0.25) is 0 Å². The van der Waals surface area contributed by atoms with E-state index < -0.39 is 5.92 Å². The van der Waals surface area contributed by atoms with Crippen molar-refractivity contribution in [3.05, 3.63) is 72.1 Å². The van der Waals surface area contributed by atoms with Crippen LogP contribution in [0, 0.1) is 5.41 Å². The average molecular weight is 324 g/mol. The monoisotopic (exact) mass is 324 g/mol. The van der Waals surface area contributed by atoms with Crippen molar-refractivity contribution in [2.24, 2.45) is 11.5 Å². The van der Waals surface area contributed by atoms with Gasteiger partial charge in [-0.05, 0) is 29.8 Å². The molecule has 6 nitrogen and oxygen atoms in total. The zero-order chi connectivity index (χ0) is 17.4. The Morgan fingerprint density at radius 1 is 1.17 bits per heavy atom. The van der Waals surface area contributed by atoms with E-state index in [1.54, 1.807) is 24.3 Å². The van der Waals surface area contributed by atoms with Crippen LogP contribution in [0.3, 0.4) is 0 Å². The molecule has 1 amide bonds. The average Bonchev–Trinajstić information content (AvgIpc) is 2.62. The van der Waals surface area contributed by atoms with E-state index in [1.165, 1.54) is 6.20 Å². The summed E-state index contributed by atoms with van der Waals surface area (Å²) < 4.78 is 5.37. The van der Waals surface area contributed by atoms with Gasteiger partial charge < -0.3 is 26.9 Å². The lowest BCUT2D eigenvalue weighted by Gasteiger charge is -2.15. The molecule has 0 saturated carbocycles. The van der Waals surface area contributed by atoms with Crippen molar-refractivity contribution in [1.82, 2.24) is 0 Å². The first-order valence-electron chi connectivity index (χ1n) is 7.44. The Morgan fingerprint density at radius 3 is 2.38 bits per heavy atom. The first-order valence-corrected chi connectivity index (χ1v) is 7.44. The maximum absolute atomic E-state index is 12.4. The fraction of sp³-hybridized carbons (Fsp3) is 0.111. The summed E-state index contributed by atoms with van der Waals surface area (Å²) in [5.74, 6) is 0.178. The topological polar surface area (TPSA) is 114 Å². The van der Waals surface area contributed by atoms with Gasteiger partial charge in [0.15, 0.2) is 5.76 Å². The van der Waals surface area contributed by atoms with Crippen molar-refractivity contribution in [3.8, 4) is 5.75 Å². The molecule has 0 bridgehead atoms. The predicted octanol–water partition coefficient (Wildman–Crippen LogP) is 2.20. The van der Waals surface area contributed by atoms with Crippen LogP contribution in [0.4, 0.5) is 5.69 Å². The Balaban J connectivity index is 2.05. The van der Waals surface area contributed by atoms with Gasteiger partial charge in [0.2, 0.25) is 5.91 Å². The number of allylic oxidation sites excluding steroid dienone is 1. The van der Waals surface area contributed by atoms with E-state index in [-0.39, 0.29) is 18.2 Å². The molecule has 2 aromatic carbocycles. The van der Waals surface area contributed by atoms with Crippen LogP contribution >= 0.6 is 0 Å². The normalized spacial score (nSPS) is 12.3. The van der Waals surface area contributed by atoms with Gasteiger partial charge in [-0.1, -0.05) is 30.3 Å². The van der Waals surface area contributed by atoms with Gasteiger partial charge in [-0.2, -0.15) is 0 Å². The van der Waals surface area contributed by atoms with Crippen molar-refractivity contribution < 1.29 is 9.53 Å². The molecule has 0 heterocycles. The Bertz CT molecular complexity index is 712. The van der Waals surface area contributed by atoms with Gasteiger partial charge in [0, 0.05) is 18.4 Å². The van der Waals surface area contributed by atoms with E-state index >= 15 is 0 Å². The molecule has 1 atom stereocenters. The molecule has 1 unspecified atom stereocenters. The lowest BCUT2D eigenvalue weighted by molar-refractivity contribution is -0.117. The molecule has 0 saturated heterocycles. The third-order valence-corrected chi connectivity index (χ3v) is 3.42. The summed E-state index contributed by atoms with van der Waals surface area (Å²) in [5, 5.41) is 9.97. The number of anilines is 1. The number of hydrogen-bond donors (Lipinski definition) is 4. The number of nitrogens with two attached hydrogens (primary N) is 2. The van der Waals surface area contributed by atoms with Gasteiger partial charge in [-0.15, -0.1) is 0 Å². The van der Waals surface area contributed by atoms with Gasteiger partial charge in [0.25, 0.3) is 0 Å². The van der Waals surface area contributed by atoms with Gasteiger partial charge in [0.1, 0.15) is 5.75 Å².